The largest absolute Gasteiger partial charge is 0.503 e. The van der Waals surface area contributed by atoms with Crippen molar-refractivity contribution in [3.63, 3.8) is 0 Å². The topological polar surface area (TPSA) is 62.5 Å². The second-order valence-electron chi connectivity index (χ2n) is 8.94. The van der Waals surface area contributed by atoms with Crippen molar-refractivity contribution in [2.24, 2.45) is 7.05 Å². The van der Waals surface area contributed by atoms with Crippen molar-refractivity contribution in [2.75, 3.05) is 0 Å². The smallest absolute Gasteiger partial charge is 0.290 e. The number of Topliss-reactive ketones (excluding diaryl/α,β-unsaturated/α-hetero) is 1. The van der Waals surface area contributed by atoms with Gasteiger partial charge in [-0.1, -0.05) is 61.4 Å². The molecule has 5 heteroatoms. The average Bonchev–Trinajstić information content (AvgIpc) is 3.51. The van der Waals surface area contributed by atoms with Gasteiger partial charge in [0, 0.05) is 42.2 Å². The van der Waals surface area contributed by atoms with E-state index in [0.717, 1.165) is 47.7 Å². The number of para-hydroxylation sites is 1. The fourth-order valence-corrected chi connectivity index (χ4v) is 5.40. The first kappa shape index (κ1) is 20.6. The van der Waals surface area contributed by atoms with Crippen LogP contribution in [0.15, 0.2) is 72.1 Å². The molecule has 5 nitrogen and oxygen atoms in total. The third-order valence-corrected chi connectivity index (χ3v) is 6.97. The van der Waals surface area contributed by atoms with Crippen LogP contribution in [-0.4, -0.2) is 32.3 Å². The summed E-state index contributed by atoms with van der Waals surface area (Å²) in [6, 6.07) is 17.4. The van der Waals surface area contributed by atoms with Crippen LogP contribution >= 0.6 is 0 Å². The summed E-state index contributed by atoms with van der Waals surface area (Å²) < 4.78 is 2.03. The van der Waals surface area contributed by atoms with E-state index in [2.05, 4.69) is 0 Å². The van der Waals surface area contributed by atoms with E-state index in [9.17, 15) is 14.7 Å². The molecule has 1 atom stereocenters. The van der Waals surface area contributed by atoms with Crippen LogP contribution in [0.3, 0.4) is 0 Å². The van der Waals surface area contributed by atoms with Gasteiger partial charge in [-0.25, -0.2) is 0 Å². The Labute approximate surface area is 188 Å². The Hall–Kier alpha value is -3.34. The molecule has 1 fully saturated rings. The zero-order chi connectivity index (χ0) is 22.2. The molecular formula is C27H28N2O3. The molecule has 32 heavy (non-hydrogen) atoms. The molecule has 1 saturated carbocycles. The van der Waals surface area contributed by atoms with E-state index in [1.807, 2.05) is 72.4 Å². The average molecular weight is 429 g/mol. The number of aliphatic hydroxyl groups excluding tert-OH is 1. The maximum Gasteiger partial charge on any atom is 0.290 e. The predicted octanol–water partition coefficient (Wildman–Crippen LogP) is 5.02. The summed E-state index contributed by atoms with van der Waals surface area (Å²) >= 11 is 0. The van der Waals surface area contributed by atoms with Gasteiger partial charge < -0.3 is 14.6 Å². The first-order valence-electron chi connectivity index (χ1n) is 11.4. The molecule has 1 aliphatic heterocycles. The van der Waals surface area contributed by atoms with E-state index in [4.69, 9.17) is 0 Å². The van der Waals surface area contributed by atoms with Crippen LogP contribution in [0, 0.1) is 0 Å². The predicted molar refractivity (Wildman–Crippen MR) is 124 cm³/mol. The number of hydrogen-bond donors (Lipinski definition) is 1. The minimum Gasteiger partial charge on any atom is -0.503 e. The highest BCUT2D eigenvalue weighted by molar-refractivity contribution is 6.09. The first-order chi connectivity index (χ1) is 15.6. The molecule has 2 heterocycles. The molecule has 0 bridgehead atoms. The summed E-state index contributed by atoms with van der Waals surface area (Å²) in [6.45, 7) is 0. The zero-order valence-electron chi connectivity index (χ0n) is 18.3. The maximum absolute atomic E-state index is 13.5. The Kier molecular flexibility index (Phi) is 5.33. The van der Waals surface area contributed by atoms with Crippen LogP contribution in [0.25, 0.3) is 10.9 Å². The number of ketones is 1. The molecule has 1 amide bonds. The summed E-state index contributed by atoms with van der Waals surface area (Å²) in [5, 5.41) is 11.9. The fraction of sp³-hybridized carbons (Fsp3) is 0.333. The van der Waals surface area contributed by atoms with Crippen LogP contribution in [0.1, 0.15) is 49.3 Å². The van der Waals surface area contributed by atoms with E-state index in [-0.39, 0.29) is 29.6 Å². The Balaban J connectivity index is 1.56. The fourth-order valence-electron chi connectivity index (χ4n) is 5.40. The van der Waals surface area contributed by atoms with E-state index >= 15 is 0 Å². The second-order valence-corrected chi connectivity index (χ2v) is 8.94. The second kappa shape index (κ2) is 8.30. The van der Waals surface area contributed by atoms with E-state index < -0.39 is 11.9 Å². The van der Waals surface area contributed by atoms with Gasteiger partial charge in [-0.3, -0.25) is 9.59 Å². The summed E-state index contributed by atoms with van der Waals surface area (Å²) in [5.74, 6) is -0.927. The van der Waals surface area contributed by atoms with Gasteiger partial charge in [0.1, 0.15) is 0 Å². The van der Waals surface area contributed by atoms with E-state index in [1.54, 1.807) is 4.90 Å². The van der Waals surface area contributed by atoms with Gasteiger partial charge in [-0.05, 0) is 30.9 Å². The lowest BCUT2D eigenvalue weighted by atomic mass is 9.92. The number of hydrogen-bond acceptors (Lipinski definition) is 3. The lowest BCUT2D eigenvalue weighted by molar-refractivity contribution is -0.131. The highest BCUT2D eigenvalue weighted by Crippen LogP contribution is 2.45. The molecular weight excluding hydrogens is 400 g/mol. The number of aliphatic hydroxyl groups is 1. The molecule has 1 N–H and O–H groups in total. The molecule has 1 aliphatic carbocycles. The quantitative estimate of drug-likeness (QED) is 0.600. The van der Waals surface area contributed by atoms with Gasteiger partial charge in [0.05, 0.1) is 11.6 Å². The number of nitrogens with zero attached hydrogens (tertiary/aromatic N) is 2. The van der Waals surface area contributed by atoms with Crippen LogP contribution < -0.4 is 0 Å². The molecule has 3 aromatic rings. The summed E-state index contributed by atoms with van der Waals surface area (Å²) in [4.78, 5) is 28.5. The van der Waals surface area contributed by atoms with Crippen molar-refractivity contribution in [1.29, 1.82) is 0 Å². The molecule has 5 rings (SSSR count). The van der Waals surface area contributed by atoms with Gasteiger partial charge in [0.25, 0.3) is 5.91 Å². The van der Waals surface area contributed by atoms with Crippen molar-refractivity contribution in [3.8, 4) is 0 Å². The monoisotopic (exact) mass is 428 g/mol. The molecule has 164 valence electrons. The lowest BCUT2D eigenvalue weighted by Crippen LogP contribution is -2.38. The number of carbonyl (C=O) groups excluding carboxylic acids is 2. The minimum absolute atomic E-state index is 0.0491. The maximum atomic E-state index is 13.5. The van der Waals surface area contributed by atoms with Gasteiger partial charge >= 0.3 is 0 Å². The Morgan fingerprint density at radius 3 is 2.47 bits per heavy atom. The molecule has 0 radical (unpaired) electrons. The molecule has 2 aromatic carbocycles. The van der Waals surface area contributed by atoms with Crippen molar-refractivity contribution >= 4 is 22.6 Å². The molecule has 0 spiro atoms. The van der Waals surface area contributed by atoms with Gasteiger partial charge in [0.15, 0.2) is 11.5 Å². The van der Waals surface area contributed by atoms with E-state index in [0.29, 0.717) is 6.42 Å². The summed E-state index contributed by atoms with van der Waals surface area (Å²) in [5.41, 5.74) is 3.29. The van der Waals surface area contributed by atoms with E-state index in [1.165, 1.54) is 0 Å². The van der Waals surface area contributed by atoms with Crippen molar-refractivity contribution in [3.05, 3.63) is 83.3 Å². The van der Waals surface area contributed by atoms with Gasteiger partial charge in [0.2, 0.25) is 0 Å². The standard InChI is InChI=1S/C27H28N2O3/c1-28-17-21(20-13-7-8-14-22(20)28)25-24(23(30)16-15-18-9-3-2-4-10-18)26(31)27(32)29(25)19-11-5-6-12-19/h2-4,7-10,13-14,17,19,25,31H,5-6,11-12,15-16H2,1H3. The number of benzene rings is 2. The summed E-state index contributed by atoms with van der Waals surface area (Å²) in [6.07, 6.45) is 6.79. The minimum atomic E-state index is -0.542. The highest BCUT2D eigenvalue weighted by Gasteiger charge is 2.47. The first-order valence-corrected chi connectivity index (χ1v) is 11.4. The number of fused-ring (bicyclic) bond motifs is 1. The molecule has 2 aliphatic rings. The zero-order valence-corrected chi connectivity index (χ0v) is 18.3. The Morgan fingerprint density at radius 1 is 1.03 bits per heavy atom. The number of aryl methyl sites for hydroxylation is 2. The van der Waals surface area contributed by atoms with Crippen molar-refractivity contribution in [2.45, 2.75) is 50.6 Å². The van der Waals surface area contributed by atoms with Crippen LogP contribution in [0.5, 0.6) is 0 Å². The Morgan fingerprint density at radius 2 is 1.72 bits per heavy atom. The third kappa shape index (κ3) is 3.42. The molecule has 0 saturated heterocycles. The summed E-state index contributed by atoms with van der Waals surface area (Å²) in [7, 11) is 1.98. The number of aromatic nitrogens is 1. The number of amides is 1. The SMILES string of the molecule is Cn1cc(C2C(C(=O)CCc3ccccc3)=C(O)C(=O)N2C2CCCC2)c2ccccc21. The lowest BCUT2D eigenvalue weighted by Gasteiger charge is -2.32. The third-order valence-electron chi connectivity index (χ3n) is 6.97. The van der Waals surface area contributed by atoms with Crippen LogP contribution in [0.4, 0.5) is 0 Å². The van der Waals surface area contributed by atoms with Crippen molar-refractivity contribution in [1.82, 2.24) is 9.47 Å². The van der Waals surface area contributed by atoms with Crippen molar-refractivity contribution < 1.29 is 14.7 Å². The molecule has 1 aromatic heterocycles. The van der Waals surface area contributed by atoms with Gasteiger partial charge in [-0.2, -0.15) is 0 Å². The number of rotatable bonds is 6. The Bertz CT molecular complexity index is 1200. The normalized spacial score (nSPS) is 19.5. The van der Waals surface area contributed by atoms with Crippen LogP contribution in [-0.2, 0) is 23.1 Å². The highest BCUT2D eigenvalue weighted by atomic mass is 16.3. The van der Waals surface area contributed by atoms with Gasteiger partial charge in [-0.15, -0.1) is 0 Å². The number of carbonyl (C=O) groups is 2. The van der Waals surface area contributed by atoms with Crippen LogP contribution in [0.2, 0.25) is 0 Å². The molecule has 1 unspecified atom stereocenters.